The zero-order chi connectivity index (χ0) is 16.8. The number of imide groups is 1. The van der Waals surface area contributed by atoms with Crippen molar-refractivity contribution in [2.45, 2.75) is 45.8 Å². The Bertz CT molecular complexity index is 396. The Morgan fingerprint density at radius 1 is 1.14 bits per heavy atom. The molecular weight excluding hydrogens is 293 g/mol. The molecule has 0 heterocycles. The number of hydrogen-bond acceptors (Lipinski definition) is 3. The van der Waals surface area contributed by atoms with Crippen LogP contribution < -0.4 is 5.32 Å². The molecule has 6 nitrogen and oxygen atoms in total. The summed E-state index contributed by atoms with van der Waals surface area (Å²) in [5, 5.41) is 10.4. The van der Waals surface area contributed by atoms with Gasteiger partial charge in [-0.15, -0.1) is 0 Å². The molecule has 3 amide bonds. The van der Waals surface area contributed by atoms with Gasteiger partial charge in [-0.25, -0.2) is 4.79 Å². The molecule has 0 saturated carbocycles. The minimum Gasteiger partial charge on any atom is -0.481 e. The molecule has 0 rings (SSSR count). The summed E-state index contributed by atoms with van der Waals surface area (Å²) in [6.07, 6.45) is -5.09. The summed E-state index contributed by atoms with van der Waals surface area (Å²) < 4.78 is 37.0. The summed E-state index contributed by atoms with van der Waals surface area (Å²) in [6.45, 7) is 2.81. The Morgan fingerprint density at radius 2 is 1.67 bits per heavy atom. The third kappa shape index (κ3) is 8.87. The average Bonchev–Trinajstić information content (AvgIpc) is 2.22. The molecule has 122 valence electrons. The molecule has 0 aliphatic heterocycles. The SMILES string of the molecule is CC(CC(=O)O)CC(=O)NC(=O)N(CC(F)(F)F)C(C)C. The predicted molar refractivity (Wildman–Crippen MR) is 67.5 cm³/mol. The highest BCUT2D eigenvalue weighted by atomic mass is 19.4. The van der Waals surface area contributed by atoms with Gasteiger partial charge in [0.15, 0.2) is 0 Å². The van der Waals surface area contributed by atoms with Crippen molar-refractivity contribution in [3.63, 3.8) is 0 Å². The van der Waals surface area contributed by atoms with Crippen LogP contribution in [0.3, 0.4) is 0 Å². The first-order valence-corrected chi connectivity index (χ1v) is 6.31. The first kappa shape index (κ1) is 19.2. The van der Waals surface area contributed by atoms with Gasteiger partial charge in [0.05, 0.1) is 0 Å². The zero-order valence-corrected chi connectivity index (χ0v) is 12.0. The third-order valence-electron chi connectivity index (χ3n) is 2.54. The van der Waals surface area contributed by atoms with Crippen LogP contribution in [0.4, 0.5) is 18.0 Å². The number of hydrogen-bond donors (Lipinski definition) is 2. The van der Waals surface area contributed by atoms with Gasteiger partial charge in [-0.2, -0.15) is 13.2 Å². The summed E-state index contributed by atoms with van der Waals surface area (Å²) in [5.41, 5.74) is 0. The number of carboxylic acid groups (broad SMARTS) is 1. The van der Waals surface area contributed by atoms with Gasteiger partial charge in [-0.3, -0.25) is 14.9 Å². The fourth-order valence-corrected chi connectivity index (χ4v) is 1.61. The Morgan fingerprint density at radius 3 is 2.05 bits per heavy atom. The van der Waals surface area contributed by atoms with Gasteiger partial charge in [0.2, 0.25) is 5.91 Å². The van der Waals surface area contributed by atoms with Crippen molar-refractivity contribution in [2.75, 3.05) is 6.54 Å². The second kappa shape index (κ2) is 7.84. The standard InChI is InChI=1S/C12H19F3N2O4/c1-7(2)17(6-12(13,14)15)11(21)16-9(18)4-8(3)5-10(19)20/h7-8H,4-6H2,1-3H3,(H,19,20)(H,16,18,21). The lowest BCUT2D eigenvalue weighted by Gasteiger charge is -2.27. The van der Waals surface area contributed by atoms with E-state index in [1.807, 2.05) is 5.32 Å². The largest absolute Gasteiger partial charge is 0.481 e. The number of halogens is 3. The van der Waals surface area contributed by atoms with E-state index in [0.29, 0.717) is 4.90 Å². The number of carbonyl (C=O) groups is 3. The van der Waals surface area contributed by atoms with E-state index in [4.69, 9.17) is 5.11 Å². The van der Waals surface area contributed by atoms with Crippen LogP contribution in [0.1, 0.15) is 33.6 Å². The van der Waals surface area contributed by atoms with E-state index in [0.717, 1.165) is 0 Å². The van der Waals surface area contributed by atoms with Crippen LogP contribution >= 0.6 is 0 Å². The predicted octanol–water partition coefficient (Wildman–Crippen LogP) is 2.00. The number of amides is 3. The number of nitrogens with zero attached hydrogens (tertiary/aromatic N) is 1. The van der Waals surface area contributed by atoms with E-state index in [9.17, 15) is 27.6 Å². The smallest absolute Gasteiger partial charge is 0.406 e. The number of carbonyl (C=O) groups excluding carboxylic acids is 2. The Labute approximate surface area is 120 Å². The molecular formula is C12H19F3N2O4. The van der Waals surface area contributed by atoms with E-state index in [-0.39, 0.29) is 12.8 Å². The normalized spacial score (nSPS) is 12.9. The van der Waals surface area contributed by atoms with Crippen LogP contribution in [0.2, 0.25) is 0 Å². The Balaban J connectivity index is 4.55. The number of aliphatic carboxylic acids is 1. The first-order valence-electron chi connectivity index (χ1n) is 6.31. The van der Waals surface area contributed by atoms with Crippen LogP contribution in [-0.4, -0.2) is 46.7 Å². The van der Waals surface area contributed by atoms with Crippen molar-refractivity contribution >= 4 is 17.9 Å². The molecule has 0 saturated heterocycles. The van der Waals surface area contributed by atoms with Crippen LogP contribution in [0.5, 0.6) is 0 Å². The molecule has 9 heteroatoms. The molecule has 1 unspecified atom stereocenters. The summed E-state index contributed by atoms with van der Waals surface area (Å²) >= 11 is 0. The summed E-state index contributed by atoms with van der Waals surface area (Å²) in [6, 6.07) is -1.88. The number of alkyl halides is 3. The molecule has 0 spiro atoms. The molecule has 0 bridgehead atoms. The third-order valence-corrected chi connectivity index (χ3v) is 2.54. The first-order chi connectivity index (χ1) is 9.42. The van der Waals surface area contributed by atoms with E-state index >= 15 is 0 Å². The van der Waals surface area contributed by atoms with Crippen molar-refractivity contribution in [3.05, 3.63) is 0 Å². The maximum Gasteiger partial charge on any atom is 0.406 e. The molecule has 0 aromatic heterocycles. The number of rotatable bonds is 6. The Hall–Kier alpha value is -1.80. The molecule has 0 aromatic carbocycles. The highest BCUT2D eigenvalue weighted by molar-refractivity contribution is 5.94. The molecule has 0 aliphatic carbocycles. The number of nitrogens with one attached hydrogen (secondary N) is 1. The highest BCUT2D eigenvalue weighted by Gasteiger charge is 2.34. The Kier molecular flexibility index (Phi) is 7.17. The van der Waals surface area contributed by atoms with Crippen LogP contribution in [-0.2, 0) is 9.59 Å². The van der Waals surface area contributed by atoms with E-state index < -0.39 is 42.6 Å². The van der Waals surface area contributed by atoms with Gasteiger partial charge in [0, 0.05) is 18.9 Å². The zero-order valence-electron chi connectivity index (χ0n) is 12.0. The second-order valence-electron chi connectivity index (χ2n) is 5.10. The van der Waals surface area contributed by atoms with Gasteiger partial charge >= 0.3 is 18.2 Å². The van der Waals surface area contributed by atoms with Crippen molar-refractivity contribution in [3.8, 4) is 0 Å². The second-order valence-corrected chi connectivity index (χ2v) is 5.10. The van der Waals surface area contributed by atoms with Crippen LogP contribution in [0, 0.1) is 5.92 Å². The summed E-state index contributed by atoms with van der Waals surface area (Å²) in [4.78, 5) is 34.1. The fourth-order valence-electron chi connectivity index (χ4n) is 1.61. The van der Waals surface area contributed by atoms with E-state index in [2.05, 4.69) is 0 Å². The monoisotopic (exact) mass is 312 g/mol. The number of carboxylic acids is 1. The molecule has 1 atom stereocenters. The van der Waals surface area contributed by atoms with Gasteiger partial charge in [-0.05, 0) is 19.8 Å². The van der Waals surface area contributed by atoms with E-state index in [1.54, 1.807) is 0 Å². The van der Waals surface area contributed by atoms with Gasteiger partial charge in [0.1, 0.15) is 6.54 Å². The van der Waals surface area contributed by atoms with Crippen molar-refractivity contribution in [2.24, 2.45) is 5.92 Å². The number of urea groups is 1. The highest BCUT2D eigenvalue weighted by Crippen LogP contribution is 2.18. The van der Waals surface area contributed by atoms with Crippen molar-refractivity contribution in [1.82, 2.24) is 10.2 Å². The lowest BCUT2D eigenvalue weighted by molar-refractivity contribution is -0.143. The topological polar surface area (TPSA) is 86.7 Å². The van der Waals surface area contributed by atoms with Crippen molar-refractivity contribution in [1.29, 1.82) is 0 Å². The molecule has 21 heavy (non-hydrogen) atoms. The van der Waals surface area contributed by atoms with Crippen molar-refractivity contribution < 1.29 is 32.7 Å². The average molecular weight is 312 g/mol. The maximum absolute atomic E-state index is 12.3. The van der Waals surface area contributed by atoms with Gasteiger partial charge in [-0.1, -0.05) is 6.92 Å². The lowest BCUT2D eigenvalue weighted by atomic mass is 10.0. The van der Waals surface area contributed by atoms with Crippen LogP contribution in [0.15, 0.2) is 0 Å². The quantitative estimate of drug-likeness (QED) is 0.785. The minimum absolute atomic E-state index is 0.254. The molecule has 0 aliphatic rings. The molecule has 0 aromatic rings. The minimum atomic E-state index is -4.57. The lowest BCUT2D eigenvalue weighted by Crippen LogP contribution is -2.50. The molecule has 0 fully saturated rings. The van der Waals surface area contributed by atoms with E-state index in [1.165, 1.54) is 20.8 Å². The van der Waals surface area contributed by atoms with Gasteiger partial charge in [0.25, 0.3) is 0 Å². The maximum atomic E-state index is 12.3. The molecule has 0 radical (unpaired) electrons. The van der Waals surface area contributed by atoms with Crippen LogP contribution in [0.25, 0.3) is 0 Å². The fraction of sp³-hybridized carbons (Fsp3) is 0.750. The molecule has 2 N–H and O–H groups in total. The summed E-state index contributed by atoms with van der Waals surface area (Å²) in [5.74, 6) is -2.42. The van der Waals surface area contributed by atoms with Gasteiger partial charge < -0.3 is 10.0 Å². The summed E-state index contributed by atoms with van der Waals surface area (Å²) in [7, 11) is 0.